The van der Waals surface area contributed by atoms with Crippen LogP contribution in [0.2, 0.25) is 0 Å². The molecule has 0 saturated carbocycles. The minimum Gasteiger partial charge on any atom is -0.508 e. The number of pyridine rings is 1. The highest BCUT2D eigenvalue weighted by Crippen LogP contribution is 2.44. The zero-order valence-electron chi connectivity index (χ0n) is 22.8. The van der Waals surface area contributed by atoms with Crippen LogP contribution in [0.4, 0.5) is 11.4 Å². The summed E-state index contributed by atoms with van der Waals surface area (Å²) < 4.78 is 2.19. The number of hydrogen-bond acceptors (Lipinski definition) is 6. The number of aromatic nitrogens is 2. The van der Waals surface area contributed by atoms with Crippen LogP contribution >= 0.6 is 24.0 Å². The number of nitrogens with one attached hydrogen (secondary N) is 1. The van der Waals surface area contributed by atoms with Crippen LogP contribution < -0.4 is 10.2 Å². The predicted molar refractivity (Wildman–Crippen MR) is 169 cm³/mol. The summed E-state index contributed by atoms with van der Waals surface area (Å²) in [5, 5.41) is 25.0. The summed E-state index contributed by atoms with van der Waals surface area (Å²) >= 11 is 7.47. The van der Waals surface area contributed by atoms with Gasteiger partial charge in [-0.05, 0) is 110 Å². The lowest BCUT2D eigenvalue weighted by atomic mass is 9.96. The number of anilines is 1. The second kappa shape index (κ2) is 11.3. The smallest absolute Gasteiger partial charge is 0.269 e. The highest BCUT2D eigenvalue weighted by molar-refractivity contribution is 7.99. The first kappa shape index (κ1) is 27.5. The van der Waals surface area contributed by atoms with Gasteiger partial charge in [0.15, 0.2) is 5.11 Å². The number of nitro groups is 1. The van der Waals surface area contributed by atoms with E-state index in [0.29, 0.717) is 5.11 Å². The van der Waals surface area contributed by atoms with Gasteiger partial charge in [-0.15, -0.1) is 0 Å². The molecule has 6 rings (SSSR count). The second-order valence-electron chi connectivity index (χ2n) is 10.0. The number of phenolic OH excluding ortho intramolecular Hbond substituents is 1. The minimum atomic E-state index is -0.396. The van der Waals surface area contributed by atoms with Gasteiger partial charge in [-0.1, -0.05) is 17.8 Å². The third-order valence-corrected chi connectivity index (χ3v) is 8.72. The second-order valence-corrected chi connectivity index (χ2v) is 11.6. The molecule has 3 heterocycles. The quantitative estimate of drug-likeness (QED) is 0.114. The van der Waals surface area contributed by atoms with E-state index in [0.717, 1.165) is 43.8 Å². The highest BCUT2D eigenvalue weighted by atomic mass is 32.2. The first-order valence-electron chi connectivity index (χ1n) is 13.3. The maximum atomic E-state index is 11.0. The van der Waals surface area contributed by atoms with Crippen molar-refractivity contribution in [3.8, 4) is 11.4 Å². The van der Waals surface area contributed by atoms with Crippen molar-refractivity contribution < 1.29 is 10.0 Å². The molecule has 0 aliphatic carbocycles. The molecule has 3 aromatic carbocycles. The van der Waals surface area contributed by atoms with Crippen LogP contribution in [0, 0.1) is 24.0 Å². The summed E-state index contributed by atoms with van der Waals surface area (Å²) in [6.45, 7) is 4.18. The standard InChI is InChI=1S/C32H27N5O3S2/c1-20-19-28(21(2)35(20)22-6-12-25(38)13-7-22)31-30(29-5-3-4-18-33-29)34-32(41)36(31)23-8-14-26(15-9-23)42-27-16-10-24(11-17-27)37(39)40/h3-19,30-31,38H,1-2H3,(H,34,41)/t30-,31-/m0/s1. The SMILES string of the molecule is Cc1cc([C@H]2[C@H](c3ccccn3)NC(=S)N2c2ccc(Sc3ccc([N+](=O)[O-])cc3)cc2)c(C)n1-c1ccc(O)cc1. The van der Waals surface area contributed by atoms with Gasteiger partial charge in [-0.25, -0.2) is 0 Å². The monoisotopic (exact) mass is 593 g/mol. The van der Waals surface area contributed by atoms with Crippen LogP contribution in [0.1, 0.15) is 34.7 Å². The summed E-state index contributed by atoms with van der Waals surface area (Å²) in [6, 6.07) is 29.7. The number of hydrogen-bond donors (Lipinski definition) is 2. The van der Waals surface area contributed by atoms with Crippen molar-refractivity contribution in [3.63, 3.8) is 0 Å². The molecule has 1 fully saturated rings. The molecule has 2 atom stereocenters. The number of aryl methyl sites for hydroxylation is 1. The molecule has 10 heteroatoms. The lowest BCUT2D eigenvalue weighted by Crippen LogP contribution is -2.29. The molecule has 1 aliphatic rings. The van der Waals surface area contributed by atoms with Crippen LogP contribution in [-0.4, -0.2) is 24.7 Å². The van der Waals surface area contributed by atoms with E-state index < -0.39 is 4.92 Å². The Morgan fingerprint density at radius 2 is 1.57 bits per heavy atom. The molecule has 42 heavy (non-hydrogen) atoms. The molecule has 2 N–H and O–H groups in total. The summed E-state index contributed by atoms with van der Waals surface area (Å²) in [7, 11) is 0. The maximum absolute atomic E-state index is 11.0. The van der Waals surface area contributed by atoms with E-state index in [9.17, 15) is 15.2 Å². The van der Waals surface area contributed by atoms with Gasteiger partial charge in [0, 0.05) is 50.9 Å². The fourth-order valence-electron chi connectivity index (χ4n) is 5.48. The van der Waals surface area contributed by atoms with Crippen LogP contribution in [-0.2, 0) is 0 Å². The Morgan fingerprint density at radius 3 is 2.19 bits per heavy atom. The van der Waals surface area contributed by atoms with E-state index in [-0.39, 0.29) is 23.5 Å². The Bertz CT molecular complexity index is 1760. The van der Waals surface area contributed by atoms with Gasteiger partial charge >= 0.3 is 0 Å². The van der Waals surface area contributed by atoms with E-state index in [1.54, 1.807) is 42.2 Å². The van der Waals surface area contributed by atoms with Crippen molar-refractivity contribution in [1.29, 1.82) is 0 Å². The van der Waals surface area contributed by atoms with Crippen molar-refractivity contribution in [2.24, 2.45) is 0 Å². The highest BCUT2D eigenvalue weighted by Gasteiger charge is 2.42. The van der Waals surface area contributed by atoms with Gasteiger partial charge in [-0.2, -0.15) is 0 Å². The minimum absolute atomic E-state index is 0.0722. The Hall–Kier alpha value is -4.67. The first-order chi connectivity index (χ1) is 20.3. The first-order valence-corrected chi connectivity index (χ1v) is 14.5. The molecule has 0 bridgehead atoms. The molecule has 1 aliphatic heterocycles. The van der Waals surface area contributed by atoms with Crippen LogP contribution in [0.25, 0.3) is 5.69 Å². The molecular formula is C32H27N5O3S2. The van der Waals surface area contributed by atoms with Gasteiger partial charge in [-0.3, -0.25) is 15.1 Å². The summed E-state index contributed by atoms with van der Waals surface area (Å²) in [5.41, 5.74) is 6.14. The lowest BCUT2D eigenvalue weighted by Gasteiger charge is -2.28. The number of nitrogens with zero attached hydrogens (tertiary/aromatic N) is 4. The molecule has 2 aromatic heterocycles. The van der Waals surface area contributed by atoms with Crippen molar-refractivity contribution in [1.82, 2.24) is 14.9 Å². The molecule has 1 saturated heterocycles. The largest absolute Gasteiger partial charge is 0.508 e. The molecular weight excluding hydrogens is 567 g/mol. The van der Waals surface area contributed by atoms with Crippen LogP contribution in [0.5, 0.6) is 5.75 Å². The maximum Gasteiger partial charge on any atom is 0.269 e. The zero-order valence-corrected chi connectivity index (χ0v) is 24.5. The number of phenols is 1. The molecule has 0 radical (unpaired) electrons. The van der Waals surface area contributed by atoms with Crippen molar-refractivity contribution >= 4 is 40.5 Å². The molecule has 0 unspecified atom stereocenters. The van der Waals surface area contributed by atoms with E-state index >= 15 is 0 Å². The normalized spacial score (nSPS) is 16.4. The third kappa shape index (κ3) is 5.22. The average molecular weight is 594 g/mol. The topological polar surface area (TPSA) is 96.5 Å². The number of thiocarbonyl (C=S) groups is 1. The zero-order chi connectivity index (χ0) is 29.4. The van der Waals surface area contributed by atoms with Crippen LogP contribution in [0.3, 0.4) is 0 Å². The van der Waals surface area contributed by atoms with E-state index in [1.165, 1.54) is 12.1 Å². The Labute approximate surface area is 252 Å². The fraction of sp³-hybridized carbons (Fsp3) is 0.125. The average Bonchev–Trinajstić information content (AvgIpc) is 3.49. The summed E-state index contributed by atoms with van der Waals surface area (Å²) in [6.07, 6.45) is 1.80. The van der Waals surface area contributed by atoms with Gasteiger partial charge in [0.05, 0.1) is 22.7 Å². The van der Waals surface area contributed by atoms with Gasteiger partial charge in [0.25, 0.3) is 5.69 Å². The fourth-order valence-corrected chi connectivity index (χ4v) is 6.64. The van der Waals surface area contributed by atoms with Crippen molar-refractivity contribution in [2.75, 3.05) is 4.90 Å². The predicted octanol–water partition coefficient (Wildman–Crippen LogP) is 7.43. The third-order valence-electron chi connectivity index (χ3n) is 7.39. The van der Waals surface area contributed by atoms with Gasteiger partial charge in [0.2, 0.25) is 0 Å². The lowest BCUT2D eigenvalue weighted by molar-refractivity contribution is -0.384. The Balaban J connectivity index is 1.37. The Kier molecular flexibility index (Phi) is 7.40. The summed E-state index contributed by atoms with van der Waals surface area (Å²) in [4.78, 5) is 19.3. The number of aromatic hydroxyl groups is 1. The van der Waals surface area contributed by atoms with Gasteiger partial charge < -0.3 is 19.9 Å². The molecule has 8 nitrogen and oxygen atoms in total. The molecule has 0 spiro atoms. The molecule has 0 amide bonds. The number of non-ortho nitro benzene ring substituents is 1. The molecule has 5 aromatic rings. The number of nitro benzene ring substituents is 1. The van der Waals surface area contributed by atoms with Gasteiger partial charge in [0.1, 0.15) is 5.75 Å². The number of benzene rings is 3. The van der Waals surface area contributed by atoms with Crippen molar-refractivity contribution in [2.45, 2.75) is 35.7 Å². The summed E-state index contributed by atoms with van der Waals surface area (Å²) in [5.74, 6) is 0.225. The Morgan fingerprint density at radius 1 is 0.929 bits per heavy atom. The number of rotatable bonds is 7. The van der Waals surface area contributed by atoms with E-state index in [4.69, 9.17) is 12.2 Å². The van der Waals surface area contributed by atoms with E-state index in [2.05, 4.69) is 51.8 Å². The molecule has 210 valence electrons. The van der Waals surface area contributed by atoms with Crippen molar-refractivity contribution in [3.05, 3.63) is 136 Å². The van der Waals surface area contributed by atoms with E-state index in [1.807, 2.05) is 42.5 Å². The van der Waals surface area contributed by atoms with Crippen LogP contribution in [0.15, 0.2) is 113 Å².